The Labute approximate surface area is 124 Å². The molecular weight excluding hydrogens is 330 g/mol. The zero-order chi connectivity index (χ0) is 14.0. The molecule has 1 heterocycles. The van der Waals surface area contributed by atoms with Crippen LogP contribution >= 0.6 is 27.5 Å². The smallest absolute Gasteiger partial charge is 0.239 e. The predicted octanol–water partition coefficient (Wildman–Crippen LogP) is 3.54. The van der Waals surface area contributed by atoms with E-state index in [9.17, 15) is 0 Å². The lowest BCUT2D eigenvalue weighted by molar-refractivity contribution is 1.12. The number of aromatic nitrogens is 2. The number of nitrogens with one attached hydrogen (secondary N) is 2. The molecule has 2 rings (SSSR count). The third-order valence-electron chi connectivity index (χ3n) is 2.57. The molecule has 4 N–H and O–H groups in total. The van der Waals surface area contributed by atoms with Crippen LogP contribution < -0.4 is 16.6 Å². The van der Waals surface area contributed by atoms with Crippen LogP contribution in [-0.4, -0.2) is 9.97 Å². The largest absolute Gasteiger partial charge is 0.339 e. The van der Waals surface area contributed by atoms with Crippen LogP contribution in [0.3, 0.4) is 0 Å². The fourth-order valence-corrected chi connectivity index (χ4v) is 2.05. The van der Waals surface area contributed by atoms with Gasteiger partial charge in [0.25, 0.3) is 0 Å². The molecule has 7 heteroatoms. The van der Waals surface area contributed by atoms with Gasteiger partial charge in [0.15, 0.2) is 5.82 Å². The number of hydrazine groups is 1. The van der Waals surface area contributed by atoms with E-state index in [2.05, 4.69) is 36.6 Å². The van der Waals surface area contributed by atoms with E-state index in [4.69, 9.17) is 17.4 Å². The minimum atomic E-state index is 0.303. The molecule has 19 heavy (non-hydrogen) atoms. The van der Waals surface area contributed by atoms with Gasteiger partial charge in [-0.3, -0.25) is 5.43 Å². The Kier molecular flexibility index (Phi) is 4.24. The quantitative estimate of drug-likeness (QED) is 0.587. The number of nitrogen functional groups attached to an aromatic ring is 1. The summed E-state index contributed by atoms with van der Waals surface area (Å²) in [6.45, 7) is 4.05. The highest BCUT2D eigenvalue weighted by Crippen LogP contribution is 2.28. The zero-order valence-corrected chi connectivity index (χ0v) is 12.8. The summed E-state index contributed by atoms with van der Waals surface area (Å²) >= 11 is 9.58. The van der Waals surface area contributed by atoms with Crippen LogP contribution in [0.1, 0.15) is 11.1 Å². The Morgan fingerprint density at radius 1 is 1.26 bits per heavy atom. The van der Waals surface area contributed by atoms with Gasteiger partial charge in [-0.2, -0.15) is 4.98 Å². The molecule has 0 atom stereocenters. The first-order chi connectivity index (χ1) is 9.01. The molecule has 0 radical (unpaired) electrons. The summed E-state index contributed by atoms with van der Waals surface area (Å²) in [5.74, 6) is 6.09. The van der Waals surface area contributed by atoms with Crippen molar-refractivity contribution < 1.29 is 0 Å². The van der Waals surface area contributed by atoms with E-state index in [-0.39, 0.29) is 0 Å². The van der Waals surface area contributed by atoms with E-state index in [0.29, 0.717) is 16.8 Å². The van der Waals surface area contributed by atoms with Gasteiger partial charge in [0.2, 0.25) is 5.95 Å². The van der Waals surface area contributed by atoms with Crippen molar-refractivity contribution in [3.05, 3.63) is 39.0 Å². The second-order valence-electron chi connectivity index (χ2n) is 4.08. The van der Waals surface area contributed by atoms with E-state index in [1.54, 1.807) is 0 Å². The van der Waals surface area contributed by atoms with Crippen LogP contribution in [0.15, 0.2) is 22.8 Å². The second kappa shape index (κ2) is 5.73. The Morgan fingerprint density at radius 3 is 2.47 bits per heavy atom. The molecular formula is C12H13BrClN5. The van der Waals surface area contributed by atoms with Gasteiger partial charge in [-0.1, -0.05) is 27.5 Å². The molecule has 1 aromatic heterocycles. The maximum atomic E-state index is 6.05. The minimum absolute atomic E-state index is 0.303. The zero-order valence-electron chi connectivity index (χ0n) is 10.5. The van der Waals surface area contributed by atoms with E-state index in [1.807, 2.05) is 26.0 Å². The average molecular weight is 343 g/mol. The minimum Gasteiger partial charge on any atom is -0.339 e. The predicted molar refractivity (Wildman–Crippen MR) is 81.8 cm³/mol. The van der Waals surface area contributed by atoms with Crippen molar-refractivity contribution in [2.75, 3.05) is 10.7 Å². The number of nitrogens with two attached hydrogens (primary N) is 1. The highest BCUT2D eigenvalue weighted by Gasteiger charge is 2.07. The van der Waals surface area contributed by atoms with Gasteiger partial charge in [0.1, 0.15) is 5.02 Å². The third-order valence-corrected chi connectivity index (χ3v) is 4.10. The molecule has 0 fully saturated rings. The van der Waals surface area contributed by atoms with Crippen LogP contribution in [0.2, 0.25) is 5.02 Å². The van der Waals surface area contributed by atoms with Crippen molar-refractivity contribution in [3.8, 4) is 0 Å². The number of aryl methyl sites for hydroxylation is 2. The Hall–Kier alpha value is -1.37. The molecule has 0 unspecified atom stereocenters. The van der Waals surface area contributed by atoms with Crippen LogP contribution in [0.25, 0.3) is 0 Å². The summed E-state index contributed by atoms with van der Waals surface area (Å²) in [5, 5.41) is 3.58. The van der Waals surface area contributed by atoms with Crippen LogP contribution in [0.5, 0.6) is 0 Å². The SMILES string of the molecule is Cc1cc(Nc2nc(NN)ncc2Cl)cc(C)c1Br. The summed E-state index contributed by atoms with van der Waals surface area (Å²) in [5.41, 5.74) is 5.55. The van der Waals surface area contributed by atoms with Gasteiger partial charge in [0.05, 0.1) is 6.20 Å². The van der Waals surface area contributed by atoms with E-state index >= 15 is 0 Å². The standard InChI is InChI=1S/C12H13BrClN5/c1-6-3-8(4-7(2)10(6)13)17-11-9(14)5-16-12(18-11)19-15/h3-5H,15H2,1-2H3,(H2,16,17,18,19). The van der Waals surface area contributed by atoms with Crippen LogP contribution in [0, 0.1) is 13.8 Å². The van der Waals surface area contributed by atoms with Crippen molar-refractivity contribution in [3.63, 3.8) is 0 Å². The van der Waals surface area contributed by atoms with Crippen molar-refractivity contribution >= 4 is 45.0 Å². The van der Waals surface area contributed by atoms with Gasteiger partial charge in [0, 0.05) is 10.2 Å². The Balaban J connectivity index is 2.36. The number of halogens is 2. The summed E-state index contributed by atoms with van der Waals surface area (Å²) in [7, 11) is 0. The maximum Gasteiger partial charge on any atom is 0.239 e. The highest BCUT2D eigenvalue weighted by atomic mass is 79.9. The van der Waals surface area contributed by atoms with Crippen LogP contribution in [-0.2, 0) is 0 Å². The molecule has 0 saturated carbocycles. The maximum absolute atomic E-state index is 6.05. The fourth-order valence-electron chi connectivity index (χ4n) is 1.68. The van der Waals surface area contributed by atoms with Crippen molar-refractivity contribution in [2.45, 2.75) is 13.8 Å². The number of hydrogen-bond acceptors (Lipinski definition) is 5. The third kappa shape index (κ3) is 3.15. The first-order valence-electron chi connectivity index (χ1n) is 5.54. The lowest BCUT2D eigenvalue weighted by Crippen LogP contribution is -2.11. The summed E-state index contributed by atoms with van der Waals surface area (Å²) in [6, 6.07) is 4.01. The van der Waals surface area contributed by atoms with Crippen molar-refractivity contribution in [2.24, 2.45) is 5.84 Å². The highest BCUT2D eigenvalue weighted by molar-refractivity contribution is 9.10. The first kappa shape index (κ1) is 14.0. The molecule has 1 aromatic carbocycles. The monoisotopic (exact) mass is 341 g/mol. The summed E-state index contributed by atoms with van der Waals surface area (Å²) < 4.78 is 1.09. The van der Waals surface area contributed by atoms with Crippen molar-refractivity contribution in [1.82, 2.24) is 9.97 Å². The molecule has 5 nitrogen and oxygen atoms in total. The normalized spacial score (nSPS) is 10.4. The van der Waals surface area contributed by atoms with Crippen molar-refractivity contribution in [1.29, 1.82) is 0 Å². The second-order valence-corrected chi connectivity index (χ2v) is 5.28. The molecule has 0 saturated heterocycles. The number of hydrogen-bond donors (Lipinski definition) is 3. The molecule has 0 aliphatic rings. The Bertz CT molecular complexity index is 594. The number of anilines is 3. The van der Waals surface area contributed by atoms with Gasteiger partial charge in [-0.15, -0.1) is 0 Å². The Morgan fingerprint density at radius 2 is 1.89 bits per heavy atom. The van der Waals surface area contributed by atoms with Gasteiger partial charge in [-0.25, -0.2) is 10.8 Å². The molecule has 100 valence electrons. The average Bonchev–Trinajstić information content (AvgIpc) is 2.38. The van der Waals surface area contributed by atoms with Gasteiger partial charge < -0.3 is 5.32 Å². The number of nitrogens with zero attached hydrogens (tertiary/aromatic N) is 2. The van der Waals surface area contributed by atoms with Gasteiger partial charge >= 0.3 is 0 Å². The molecule has 0 bridgehead atoms. The number of rotatable bonds is 3. The summed E-state index contributed by atoms with van der Waals surface area (Å²) in [4.78, 5) is 8.09. The first-order valence-corrected chi connectivity index (χ1v) is 6.71. The molecule has 0 aliphatic carbocycles. The summed E-state index contributed by atoms with van der Waals surface area (Å²) in [6.07, 6.45) is 1.49. The van der Waals surface area contributed by atoms with E-state index < -0.39 is 0 Å². The fraction of sp³-hybridized carbons (Fsp3) is 0.167. The van der Waals surface area contributed by atoms with E-state index in [1.165, 1.54) is 6.20 Å². The molecule has 2 aromatic rings. The lowest BCUT2D eigenvalue weighted by Gasteiger charge is -2.11. The topological polar surface area (TPSA) is 75.9 Å². The molecule has 0 aliphatic heterocycles. The lowest BCUT2D eigenvalue weighted by atomic mass is 10.1. The molecule has 0 amide bonds. The van der Waals surface area contributed by atoms with Crippen LogP contribution in [0.4, 0.5) is 17.5 Å². The van der Waals surface area contributed by atoms with E-state index in [0.717, 1.165) is 21.3 Å². The number of benzene rings is 1. The van der Waals surface area contributed by atoms with Gasteiger partial charge in [-0.05, 0) is 37.1 Å². The molecule has 0 spiro atoms.